The number of halogens is 2. The van der Waals surface area contributed by atoms with Crippen molar-refractivity contribution in [3.8, 4) is 17.1 Å². The van der Waals surface area contributed by atoms with E-state index in [1.165, 1.54) is 48.8 Å². The summed E-state index contributed by atoms with van der Waals surface area (Å²) in [5.41, 5.74) is 1.68. The SMILES string of the molecule is Cc1nc(-c2cccc(F)c2O)n(CCc2ccccc2F)c(=O)c1CCC1CCCCC1. The van der Waals surface area contributed by atoms with E-state index in [2.05, 4.69) is 4.98 Å². The van der Waals surface area contributed by atoms with Crippen LogP contribution in [0.15, 0.2) is 47.3 Å². The first-order valence-corrected chi connectivity index (χ1v) is 11.8. The normalized spacial score (nSPS) is 14.5. The summed E-state index contributed by atoms with van der Waals surface area (Å²) in [4.78, 5) is 18.3. The number of aryl methyl sites for hydroxylation is 2. The van der Waals surface area contributed by atoms with Crippen LogP contribution in [0.2, 0.25) is 0 Å². The smallest absolute Gasteiger partial charge is 0.257 e. The van der Waals surface area contributed by atoms with E-state index in [9.17, 15) is 18.7 Å². The molecule has 0 atom stereocenters. The summed E-state index contributed by atoms with van der Waals surface area (Å²) < 4.78 is 29.8. The average Bonchev–Trinajstić information content (AvgIpc) is 2.81. The van der Waals surface area contributed by atoms with Crippen LogP contribution in [-0.4, -0.2) is 14.7 Å². The van der Waals surface area contributed by atoms with Crippen molar-refractivity contribution < 1.29 is 13.9 Å². The molecular weight excluding hydrogens is 422 g/mol. The van der Waals surface area contributed by atoms with Crippen LogP contribution in [0.5, 0.6) is 5.75 Å². The maximum absolute atomic E-state index is 14.2. The molecule has 0 amide bonds. The molecule has 1 aliphatic rings. The quantitative estimate of drug-likeness (QED) is 0.481. The molecule has 1 heterocycles. The third-order valence-electron chi connectivity index (χ3n) is 6.79. The van der Waals surface area contributed by atoms with E-state index in [1.807, 2.05) is 0 Å². The highest BCUT2D eigenvalue weighted by molar-refractivity contribution is 5.64. The minimum absolute atomic E-state index is 0.155. The molecule has 174 valence electrons. The number of aromatic hydroxyl groups is 1. The molecule has 0 aliphatic heterocycles. The van der Waals surface area contributed by atoms with Gasteiger partial charge in [0, 0.05) is 17.8 Å². The van der Waals surface area contributed by atoms with Crippen molar-refractivity contribution in [3.05, 3.63) is 81.3 Å². The summed E-state index contributed by atoms with van der Waals surface area (Å²) >= 11 is 0. The number of phenolic OH excluding ortho intramolecular Hbond substituents is 1. The van der Waals surface area contributed by atoms with Crippen LogP contribution in [0.3, 0.4) is 0 Å². The van der Waals surface area contributed by atoms with E-state index >= 15 is 0 Å². The van der Waals surface area contributed by atoms with Crippen molar-refractivity contribution >= 4 is 0 Å². The monoisotopic (exact) mass is 452 g/mol. The van der Waals surface area contributed by atoms with Crippen LogP contribution in [0.25, 0.3) is 11.4 Å². The van der Waals surface area contributed by atoms with E-state index in [-0.39, 0.29) is 35.7 Å². The van der Waals surface area contributed by atoms with Crippen molar-refractivity contribution in [1.82, 2.24) is 9.55 Å². The van der Waals surface area contributed by atoms with Crippen molar-refractivity contribution in [2.75, 3.05) is 0 Å². The van der Waals surface area contributed by atoms with Crippen molar-refractivity contribution in [2.24, 2.45) is 5.92 Å². The molecule has 1 aliphatic carbocycles. The fourth-order valence-corrected chi connectivity index (χ4v) is 4.85. The Morgan fingerprint density at radius 2 is 1.73 bits per heavy atom. The topological polar surface area (TPSA) is 55.1 Å². The molecule has 1 saturated carbocycles. The third kappa shape index (κ3) is 5.15. The summed E-state index contributed by atoms with van der Waals surface area (Å²) in [5, 5.41) is 10.3. The molecular formula is C27H30F2N2O2. The van der Waals surface area contributed by atoms with Gasteiger partial charge in [-0.1, -0.05) is 56.4 Å². The van der Waals surface area contributed by atoms with Crippen LogP contribution in [0.1, 0.15) is 55.3 Å². The first-order chi connectivity index (χ1) is 16.0. The van der Waals surface area contributed by atoms with Gasteiger partial charge in [-0.15, -0.1) is 0 Å². The second kappa shape index (κ2) is 10.3. The zero-order chi connectivity index (χ0) is 23.4. The maximum atomic E-state index is 14.2. The number of phenols is 1. The molecule has 3 aromatic rings. The summed E-state index contributed by atoms with van der Waals surface area (Å²) in [5.74, 6) is -0.832. The predicted octanol–water partition coefficient (Wildman–Crippen LogP) is 5.96. The third-order valence-corrected chi connectivity index (χ3v) is 6.79. The Balaban J connectivity index is 1.72. The largest absolute Gasteiger partial charge is 0.504 e. The van der Waals surface area contributed by atoms with E-state index in [4.69, 9.17) is 0 Å². The molecule has 0 bridgehead atoms. The number of nitrogens with zero attached hydrogens (tertiary/aromatic N) is 2. The molecule has 4 nitrogen and oxygen atoms in total. The van der Waals surface area contributed by atoms with Gasteiger partial charge in [0.2, 0.25) is 0 Å². The maximum Gasteiger partial charge on any atom is 0.257 e. The van der Waals surface area contributed by atoms with Gasteiger partial charge in [-0.25, -0.2) is 13.8 Å². The molecule has 6 heteroatoms. The number of para-hydroxylation sites is 1. The molecule has 33 heavy (non-hydrogen) atoms. The predicted molar refractivity (Wildman–Crippen MR) is 125 cm³/mol. The highest BCUT2D eigenvalue weighted by Crippen LogP contribution is 2.31. The summed E-state index contributed by atoms with van der Waals surface area (Å²) in [6, 6.07) is 10.6. The summed E-state index contributed by atoms with van der Waals surface area (Å²) in [6.45, 7) is 1.97. The number of hydrogen-bond acceptors (Lipinski definition) is 3. The Morgan fingerprint density at radius 1 is 1.00 bits per heavy atom. The molecule has 0 unspecified atom stereocenters. The van der Waals surface area contributed by atoms with Gasteiger partial charge >= 0.3 is 0 Å². The number of rotatable bonds is 7. The van der Waals surface area contributed by atoms with Crippen LogP contribution in [0.4, 0.5) is 8.78 Å². The molecule has 0 radical (unpaired) electrons. The zero-order valence-corrected chi connectivity index (χ0v) is 19.0. The van der Waals surface area contributed by atoms with Gasteiger partial charge in [-0.05, 0) is 55.9 Å². The van der Waals surface area contributed by atoms with Gasteiger partial charge in [-0.3, -0.25) is 9.36 Å². The number of benzene rings is 2. The average molecular weight is 453 g/mol. The Hall–Kier alpha value is -3.02. The molecule has 4 rings (SSSR count). The van der Waals surface area contributed by atoms with E-state index < -0.39 is 11.6 Å². The van der Waals surface area contributed by atoms with Crippen LogP contribution in [0, 0.1) is 24.5 Å². The second-order valence-electron chi connectivity index (χ2n) is 8.98. The molecule has 0 spiro atoms. The summed E-state index contributed by atoms with van der Waals surface area (Å²) in [7, 11) is 0. The fraction of sp³-hybridized carbons (Fsp3) is 0.407. The molecule has 0 saturated heterocycles. The van der Waals surface area contributed by atoms with Crippen molar-refractivity contribution in [1.29, 1.82) is 0 Å². The lowest BCUT2D eigenvalue weighted by Gasteiger charge is -2.22. The van der Waals surface area contributed by atoms with E-state index in [1.54, 1.807) is 31.2 Å². The fourth-order valence-electron chi connectivity index (χ4n) is 4.85. The Bertz CT molecular complexity index is 1180. The summed E-state index contributed by atoms with van der Waals surface area (Å²) in [6.07, 6.45) is 8.02. The van der Waals surface area contributed by atoms with E-state index in [0.717, 1.165) is 12.5 Å². The number of aromatic nitrogens is 2. The van der Waals surface area contributed by atoms with Gasteiger partial charge in [-0.2, -0.15) is 0 Å². The lowest BCUT2D eigenvalue weighted by Crippen LogP contribution is -2.29. The molecule has 2 aromatic carbocycles. The Morgan fingerprint density at radius 3 is 2.48 bits per heavy atom. The highest BCUT2D eigenvalue weighted by Gasteiger charge is 2.21. The minimum atomic E-state index is -0.776. The van der Waals surface area contributed by atoms with Gasteiger partial charge in [0.25, 0.3) is 5.56 Å². The standard InChI is InChI=1S/C27H30F2N2O2/c1-18-21(15-14-19-8-3-2-4-9-19)27(33)31(17-16-20-10-5-6-12-23(20)28)26(30-18)22-11-7-13-24(29)25(22)32/h5-7,10-13,19,32H,2-4,8-9,14-17H2,1H3. The van der Waals surface area contributed by atoms with Gasteiger partial charge in [0.1, 0.15) is 11.6 Å². The Labute approximate surface area is 192 Å². The lowest BCUT2D eigenvalue weighted by atomic mass is 9.85. The minimum Gasteiger partial charge on any atom is -0.504 e. The molecule has 1 aromatic heterocycles. The first-order valence-electron chi connectivity index (χ1n) is 11.8. The van der Waals surface area contributed by atoms with Crippen LogP contribution < -0.4 is 5.56 Å². The molecule has 1 N–H and O–H groups in total. The van der Waals surface area contributed by atoms with Gasteiger partial charge in [0.05, 0.1) is 5.56 Å². The van der Waals surface area contributed by atoms with Gasteiger partial charge in [0.15, 0.2) is 11.6 Å². The van der Waals surface area contributed by atoms with Crippen molar-refractivity contribution in [3.63, 3.8) is 0 Å². The van der Waals surface area contributed by atoms with Crippen LogP contribution >= 0.6 is 0 Å². The highest BCUT2D eigenvalue weighted by atomic mass is 19.1. The molecule has 1 fully saturated rings. The van der Waals surface area contributed by atoms with E-state index in [0.29, 0.717) is 29.2 Å². The lowest BCUT2D eigenvalue weighted by molar-refractivity contribution is 0.338. The first kappa shape index (κ1) is 23.1. The number of hydrogen-bond donors (Lipinski definition) is 1. The zero-order valence-electron chi connectivity index (χ0n) is 19.0. The second-order valence-corrected chi connectivity index (χ2v) is 8.98. The Kier molecular flexibility index (Phi) is 7.21. The van der Waals surface area contributed by atoms with Gasteiger partial charge < -0.3 is 5.11 Å². The van der Waals surface area contributed by atoms with Crippen molar-refractivity contribution in [2.45, 2.75) is 64.8 Å². The van der Waals surface area contributed by atoms with Crippen LogP contribution in [-0.2, 0) is 19.4 Å².